The first-order valence-corrected chi connectivity index (χ1v) is 7.47. The third kappa shape index (κ3) is 3.07. The fourth-order valence-corrected chi connectivity index (χ4v) is 3.88. The summed E-state index contributed by atoms with van der Waals surface area (Å²) < 4.78 is 26.8. The molecule has 1 fully saturated rings. The number of hydrogen-bond acceptors (Lipinski definition) is 3. The standard InChI is InChI=1S/C11H19N3O2S/c1-8-3-9(2)5-10(4-8)14-17(15,16)11-6-12-13-7-11/h6-10,14H,3-5H2,1-2H3,(H,12,13). The van der Waals surface area contributed by atoms with Crippen LogP contribution in [0.15, 0.2) is 17.3 Å². The van der Waals surface area contributed by atoms with E-state index in [0.717, 1.165) is 12.8 Å². The zero-order chi connectivity index (χ0) is 12.5. The van der Waals surface area contributed by atoms with E-state index in [-0.39, 0.29) is 10.9 Å². The second-order valence-corrected chi connectivity index (χ2v) is 6.88. The number of aromatic nitrogens is 2. The van der Waals surface area contributed by atoms with Crippen LogP contribution in [-0.4, -0.2) is 24.7 Å². The van der Waals surface area contributed by atoms with Gasteiger partial charge in [0.05, 0.1) is 6.20 Å². The Bertz CT molecular complexity index is 445. The quantitative estimate of drug-likeness (QED) is 0.862. The molecule has 6 heteroatoms. The minimum atomic E-state index is -3.41. The molecule has 2 atom stereocenters. The summed E-state index contributed by atoms with van der Waals surface area (Å²) in [7, 11) is -3.41. The van der Waals surface area contributed by atoms with Crippen molar-refractivity contribution in [3.05, 3.63) is 12.4 Å². The molecule has 1 saturated carbocycles. The summed E-state index contributed by atoms with van der Waals surface area (Å²) in [6.07, 6.45) is 5.75. The fourth-order valence-electron chi connectivity index (χ4n) is 2.72. The molecule has 1 aromatic heterocycles. The number of H-pyrrole nitrogens is 1. The summed E-state index contributed by atoms with van der Waals surface area (Å²) in [6, 6.07) is 0.0497. The van der Waals surface area contributed by atoms with Crippen molar-refractivity contribution in [2.45, 2.75) is 44.0 Å². The minimum Gasteiger partial charge on any atom is -0.284 e. The molecule has 0 spiro atoms. The van der Waals surface area contributed by atoms with E-state index in [4.69, 9.17) is 0 Å². The van der Waals surface area contributed by atoms with Gasteiger partial charge in [-0.15, -0.1) is 0 Å². The van der Waals surface area contributed by atoms with E-state index in [1.165, 1.54) is 18.8 Å². The lowest BCUT2D eigenvalue weighted by atomic mass is 9.81. The number of sulfonamides is 1. The van der Waals surface area contributed by atoms with Gasteiger partial charge in [-0.2, -0.15) is 5.10 Å². The zero-order valence-electron chi connectivity index (χ0n) is 10.2. The first-order chi connectivity index (χ1) is 7.97. The van der Waals surface area contributed by atoms with Crippen molar-refractivity contribution < 1.29 is 8.42 Å². The summed E-state index contributed by atoms with van der Waals surface area (Å²) in [5.41, 5.74) is 0. The van der Waals surface area contributed by atoms with Crippen LogP contribution in [0.2, 0.25) is 0 Å². The van der Waals surface area contributed by atoms with Crippen LogP contribution >= 0.6 is 0 Å². The molecule has 0 amide bonds. The van der Waals surface area contributed by atoms with Gasteiger partial charge in [-0.05, 0) is 31.1 Å². The predicted octanol–water partition coefficient (Wildman–Crippen LogP) is 1.51. The van der Waals surface area contributed by atoms with Gasteiger partial charge in [0.15, 0.2) is 0 Å². The highest BCUT2D eigenvalue weighted by molar-refractivity contribution is 7.89. The van der Waals surface area contributed by atoms with Gasteiger partial charge in [0, 0.05) is 12.2 Å². The lowest BCUT2D eigenvalue weighted by Crippen LogP contribution is -2.39. The SMILES string of the molecule is CC1CC(C)CC(NS(=O)(=O)c2cn[nH]c2)C1. The Morgan fingerprint density at radius 2 is 1.94 bits per heavy atom. The van der Waals surface area contributed by atoms with Crippen LogP contribution in [0.25, 0.3) is 0 Å². The van der Waals surface area contributed by atoms with Crippen molar-refractivity contribution in [3.63, 3.8) is 0 Å². The Kier molecular flexibility index (Phi) is 3.53. The molecule has 17 heavy (non-hydrogen) atoms. The number of rotatable bonds is 3. The Balaban J connectivity index is 2.06. The van der Waals surface area contributed by atoms with E-state index in [0.29, 0.717) is 11.8 Å². The van der Waals surface area contributed by atoms with Crippen molar-refractivity contribution in [3.8, 4) is 0 Å². The normalized spacial score (nSPS) is 30.4. The minimum absolute atomic E-state index is 0.0497. The molecule has 2 rings (SSSR count). The zero-order valence-corrected chi connectivity index (χ0v) is 11.0. The van der Waals surface area contributed by atoms with E-state index < -0.39 is 10.0 Å². The summed E-state index contributed by atoms with van der Waals surface area (Å²) in [4.78, 5) is 0.211. The first-order valence-electron chi connectivity index (χ1n) is 5.98. The second kappa shape index (κ2) is 4.78. The molecule has 1 aliphatic rings. The topological polar surface area (TPSA) is 74.8 Å². The Morgan fingerprint density at radius 3 is 2.47 bits per heavy atom. The van der Waals surface area contributed by atoms with Crippen molar-refractivity contribution in [2.75, 3.05) is 0 Å². The lowest BCUT2D eigenvalue weighted by Gasteiger charge is -2.31. The van der Waals surface area contributed by atoms with Crippen molar-refractivity contribution in [2.24, 2.45) is 11.8 Å². The molecule has 0 aliphatic heterocycles. The van der Waals surface area contributed by atoms with Crippen LogP contribution < -0.4 is 4.72 Å². The highest BCUT2D eigenvalue weighted by atomic mass is 32.2. The largest absolute Gasteiger partial charge is 0.284 e. The molecule has 0 bridgehead atoms. The van der Waals surface area contributed by atoms with Gasteiger partial charge in [-0.25, -0.2) is 13.1 Å². The predicted molar refractivity (Wildman–Crippen MR) is 64.9 cm³/mol. The maximum Gasteiger partial charge on any atom is 0.243 e. The van der Waals surface area contributed by atoms with Gasteiger partial charge in [0.2, 0.25) is 10.0 Å². The molecule has 2 N–H and O–H groups in total. The van der Waals surface area contributed by atoms with E-state index >= 15 is 0 Å². The Morgan fingerprint density at radius 1 is 1.29 bits per heavy atom. The number of hydrogen-bond donors (Lipinski definition) is 2. The first kappa shape index (κ1) is 12.6. The molecule has 2 unspecified atom stereocenters. The Labute approximate surface area is 102 Å². The third-order valence-corrected chi connectivity index (χ3v) is 4.77. The molecule has 5 nitrogen and oxygen atoms in total. The smallest absolute Gasteiger partial charge is 0.243 e. The van der Waals surface area contributed by atoms with Crippen LogP contribution in [0, 0.1) is 11.8 Å². The number of nitrogens with one attached hydrogen (secondary N) is 2. The van der Waals surface area contributed by atoms with E-state index in [1.54, 1.807) is 0 Å². The summed E-state index contributed by atoms with van der Waals surface area (Å²) in [5, 5.41) is 6.19. The number of aromatic amines is 1. The van der Waals surface area contributed by atoms with Crippen LogP contribution in [0.3, 0.4) is 0 Å². The molecule has 1 aromatic rings. The average molecular weight is 257 g/mol. The molecule has 1 heterocycles. The van der Waals surface area contributed by atoms with E-state index in [9.17, 15) is 8.42 Å². The summed E-state index contributed by atoms with van der Waals surface area (Å²) >= 11 is 0. The van der Waals surface area contributed by atoms with Crippen molar-refractivity contribution >= 4 is 10.0 Å². The van der Waals surface area contributed by atoms with Gasteiger partial charge in [-0.3, -0.25) is 5.10 Å². The van der Waals surface area contributed by atoms with Gasteiger partial charge >= 0.3 is 0 Å². The van der Waals surface area contributed by atoms with Crippen LogP contribution in [0.1, 0.15) is 33.1 Å². The fraction of sp³-hybridized carbons (Fsp3) is 0.727. The van der Waals surface area contributed by atoms with Crippen LogP contribution in [0.4, 0.5) is 0 Å². The maximum absolute atomic E-state index is 12.0. The molecule has 0 saturated heterocycles. The van der Waals surface area contributed by atoms with Gasteiger partial charge in [0.25, 0.3) is 0 Å². The van der Waals surface area contributed by atoms with Gasteiger partial charge < -0.3 is 0 Å². The average Bonchev–Trinajstić information content (AvgIpc) is 2.67. The molecule has 0 radical (unpaired) electrons. The van der Waals surface area contributed by atoms with Gasteiger partial charge in [-0.1, -0.05) is 13.8 Å². The molecule has 1 aliphatic carbocycles. The maximum atomic E-state index is 12.0. The molecular weight excluding hydrogens is 238 g/mol. The third-order valence-electron chi connectivity index (χ3n) is 3.28. The van der Waals surface area contributed by atoms with Crippen molar-refractivity contribution in [1.29, 1.82) is 0 Å². The second-order valence-electron chi connectivity index (χ2n) is 5.17. The van der Waals surface area contributed by atoms with Gasteiger partial charge in [0.1, 0.15) is 4.90 Å². The lowest BCUT2D eigenvalue weighted by molar-refractivity contribution is 0.257. The van der Waals surface area contributed by atoms with E-state index in [1.807, 2.05) is 0 Å². The summed E-state index contributed by atoms with van der Waals surface area (Å²) in [5.74, 6) is 1.16. The number of nitrogens with zero attached hydrogens (tertiary/aromatic N) is 1. The van der Waals surface area contributed by atoms with Crippen LogP contribution in [-0.2, 0) is 10.0 Å². The molecular formula is C11H19N3O2S. The Hall–Kier alpha value is -0.880. The molecule has 0 aromatic carbocycles. The monoisotopic (exact) mass is 257 g/mol. The van der Waals surface area contributed by atoms with Crippen molar-refractivity contribution in [1.82, 2.24) is 14.9 Å². The highest BCUT2D eigenvalue weighted by Gasteiger charge is 2.28. The summed E-state index contributed by atoms with van der Waals surface area (Å²) in [6.45, 7) is 4.35. The highest BCUT2D eigenvalue weighted by Crippen LogP contribution is 2.29. The van der Waals surface area contributed by atoms with Crippen LogP contribution in [0.5, 0.6) is 0 Å². The van der Waals surface area contributed by atoms with E-state index in [2.05, 4.69) is 28.8 Å². The molecule has 96 valence electrons.